The molecule has 25 heavy (non-hydrogen) atoms. The lowest BCUT2D eigenvalue weighted by molar-refractivity contribution is -0.147. The summed E-state index contributed by atoms with van der Waals surface area (Å²) in [5.74, 6) is -0.376. The van der Waals surface area contributed by atoms with E-state index in [0.29, 0.717) is 12.2 Å². The van der Waals surface area contributed by atoms with Crippen molar-refractivity contribution in [3.63, 3.8) is 0 Å². The number of carbonyl (C=O) groups is 2. The summed E-state index contributed by atoms with van der Waals surface area (Å²) in [6.45, 7) is 3.14. The molecule has 0 atom stereocenters. The maximum absolute atomic E-state index is 11.9. The molecule has 1 heterocycles. The average Bonchev–Trinajstić information content (AvgIpc) is 2.87. The molecule has 0 radical (unpaired) electrons. The Morgan fingerprint density at radius 2 is 1.84 bits per heavy atom. The highest BCUT2D eigenvalue weighted by Gasteiger charge is 2.14. The molecular weight excluding hydrogens is 391 g/mol. The summed E-state index contributed by atoms with van der Waals surface area (Å²) in [6, 6.07) is 2.83. The van der Waals surface area contributed by atoms with Gasteiger partial charge in [0.2, 0.25) is 0 Å². The SMILES string of the molecule is Cc1noc(C)c1CCC(=O)OCC(=O)Nc1cc(Cl)c(Cl)cc1Cl. The van der Waals surface area contributed by atoms with Gasteiger partial charge in [0.15, 0.2) is 6.61 Å². The molecule has 1 aromatic carbocycles. The number of esters is 1. The molecule has 0 unspecified atom stereocenters. The van der Waals surface area contributed by atoms with Crippen LogP contribution in [0, 0.1) is 13.8 Å². The number of ether oxygens (including phenoxy) is 1. The molecule has 0 bridgehead atoms. The number of benzene rings is 1. The van der Waals surface area contributed by atoms with E-state index in [0.717, 1.165) is 11.3 Å². The molecule has 0 spiro atoms. The maximum atomic E-state index is 11.9. The van der Waals surface area contributed by atoms with Gasteiger partial charge in [-0.25, -0.2) is 0 Å². The van der Waals surface area contributed by atoms with Crippen LogP contribution < -0.4 is 5.32 Å². The number of anilines is 1. The second-order valence-electron chi connectivity index (χ2n) is 5.26. The summed E-state index contributed by atoms with van der Waals surface area (Å²) in [6.07, 6.45) is 0.546. The first-order chi connectivity index (χ1) is 11.8. The molecule has 2 rings (SSSR count). The number of nitrogens with zero attached hydrogens (tertiary/aromatic N) is 1. The summed E-state index contributed by atoms with van der Waals surface area (Å²) in [5.41, 5.74) is 1.88. The predicted octanol–water partition coefficient (Wildman–Crippen LogP) is 4.37. The molecule has 2 aromatic rings. The van der Waals surface area contributed by atoms with Crippen LogP contribution in [0.3, 0.4) is 0 Å². The number of nitrogens with one attached hydrogen (secondary N) is 1. The van der Waals surface area contributed by atoms with Gasteiger partial charge in [0.25, 0.3) is 5.91 Å². The van der Waals surface area contributed by atoms with Crippen molar-refractivity contribution in [3.8, 4) is 0 Å². The van der Waals surface area contributed by atoms with E-state index < -0.39 is 18.5 Å². The van der Waals surface area contributed by atoms with E-state index >= 15 is 0 Å². The van der Waals surface area contributed by atoms with E-state index in [4.69, 9.17) is 44.1 Å². The quantitative estimate of drug-likeness (QED) is 0.570. The molecule has 0 aliphatic heterocycles. The fraction of sp³-hybridized carbons (Fsp3) is 0.312. The monoisotopic (exact) mass is 404 g/mol. The summed E-state index contributed by atoms with van der Waals surface area (Å²) in [4.78, 5) is 23.6. The van der Waals surface area contributed by atoms with Crippen molar-refractivity contribution in [1.82, 2.24) is 5.16 Å². The number of amides is 1. The topological polar surface area (TPSA) is 81.4 Å². The van der Waals surface area contributed by atoms with Gasteiger partial charge in [-0.15, -0.1) is 0 Å². The largest absolute Gasteiger partial charge is 0.456 e. The van der Waals surface area contributed by atoms with Crippen LogP contribution in [0.5, 0.6) is 0 Å². The highest BCUT2D eigenvalue weighted by Crippen LogP contribution is 2.32. The molecule has 0 aliphatic carbocycles. The highest BCUT2D eigenvalue weighted by atomic mass is 35.5. The zero-order chi connectivity index (χ0) is 18.6. The Hall–Kier alpha value is -1.76. The van der Waals surface area contributed by atoms with E-state index in [1.165, 1.54) is 12.1 Å². The van der Waals surface area contributed by atoms with E-state index in [2.05, 4.69) is 10.5 Å². The van der Waals surface area contributed by atoms with Gasteiger partial charge in [-0.2, -0.15) is 0 Å². The van der Waals surface area contributed by atoms with Gasteiger partial charge >= 0.3 is 5.97 Å². The zero-order valence-corrected chi connectivity index (χ0v) is 15.8. The summed E-state index contributed by atoms with van der Waals surface area (Å²) in [7, 11) is 0. The summed E-state index contributed by atoms with van der Waals surface area (Å²) < 4.78 is 9.97. The number of aryl methyl sites for hydroxylation is 2. The van der Waals surface area contributed by atoms with Crippen molar-refractivity contribution in [2.45, 2.75) is 26.7 Å². The molecule has 0 saturated heterocycles. The second-order valence-corrected chi connectivity index (χ2v) is 6.48. The Bertz CT molecular complexity index is 785. The van der Waals surface area contributed by atoms with Crippen LogP contribution in [0.4, 0.5) is 5.69 Å². The molecule has 9 heteroatoms. The number of hydrogen-bond acceptors (Lipinski definition) is 5. The third-order valence-electron chi connectivity index (χ3n) is 3.41. The van der Waals surface area contributed by atoms with Crippen molar-refractivity contribution in [2.24, 2.45) is 0 Å². The first-order valence-electron chi connectivity index (χ1n) is 7.29. The number of hydrogen-bond donors (Lipinski definition) is 1. The Labute approximate surface area is 159 Å². The van der Waals surface area contributed by atoms with Crippen LogP contribution in [0.25, 0.3) is 0 Å². The lowest BCUT2D eigenvalue weighted by Gasteiger charge is -2.09. The number of halogens is 3. The smallest absolute Gasteiger partial charge is 0.306 e. The normalized spacial score (nSPS) is 10.6. The first kappa shape index (κ1) is 19.6. The molecule has 1 aromatic heterocycles. The van der Waals surface area contributed by atoms with Crippen LogP contribution in [0.1, 0.15) is 23.4 Å². The van der Waals surface area contributed by atoms with Crippen LogP contribution in [-0.4, -0.2) is 23.6 Å². The molecule has 0 fully saturated rings. The summed E-state index contributed by atoms with van der Waals surface area (Å²) >= 11 is 17.7. The molecule has 1 amide bonds. The van der Waals surface area contributed by atoms with Gasteiger partial charge in [-0.3, -0.25) is 9.59 Å². The van der Waals surface area contributed by atoms with Gasteiger partial charge in [0.1, 0.15) is 5.76 Å². The van der Waals surface area contributed by atoms with Crippen LogP contribution in [-0.2, 0) is 20.7 Å². The molecule has 6 nitrogen and oxygen atoms in total. The molecular formula is C16H15Cl3N2O4. The van der Waals surface area contributed by atoms with E-state index in [1.807, 2.05) is 0 Å². The lowest BCUT2D eigenvalue weighted by Crippen LogP contribution is -2.21. The summed E-state index contributed by atoms with van der Waals surface area (Å²) in [5, 5.41) is 7.07. The Balaban J connectivity index is 1.82. The van der Waals surface area contributed by atoms with E-state index in [-0.39, 0.29) is 27.2 Å². The number of carbonyl (C=O) groups excluding carboxylic acids is 2. The number of aromatic nitrogens is 1. The third kappa shape index (κ3) is 5.36. The highest BCUT2D eigenvalue weighted by molar-refractivity contribution is 6.44. The lowest BCUT2D eigenvalue weighted by atomic mass is 10.1. The van der Waals surface area contributed by atoms with Crippen molar-refractivity contribution in [1.29, 1.82) is 0 Å². The van der Waals surface area contributed by atoms with E-state index in [1.54, 1.807) is 13.8 Å². The Morgan fingerprint density at radius 1 is 1.16 bits per heavy atom. The van der Waals surface area contributed by atoms with Gasteiger partial charge in [0, 0.05) is 12.0 Å². The predicted molar refractivity (Wildman–Crippen MR) is 95.4 cm³/mol. The van der Waals surface area contributed by atoms with E-state index in [9.17, 15) is 9.59 Å². The van der Waals surface area contributed by atoms with Gasteiger partial charge in [-0.1, -0.05) is 40.0 Å². The zero-order valence-electron chi connectivity index (χ0n) is 13.5. The minimum absolute atomic E-state index is 0.115. The van der Waals surface area contributed by atoms with Crippen LogP contribution in [0.2, 0.25) is 15.1 Å². The fourth-order valence-corrected chi connectivity index (χ4v) is 2.70. The third-order valence-corrected chi connectivity index (χ3v) is 4.44. The van der Waals surface area contributed by atoms with Gasteiger partial charge in [-0.05, 0) is 32.4 Å². The maximum Gasteiger partial charge on any atom is 0.306 e. The Kier molecular flexibility index (Phi) is 6.70. The average molecular weight is 406 g/mol. The Morgan fingerprint density at radius 3 is 2.48 bits per heavy atom. The second kappa shape index (κ2) is 8.56. The molecule has 0 aliphatic rings. The fourth-order valence-electron chi connectivity index (χ4n) is 2.11. The molecule has 134 valence electrons. The molecule has 0 saturated carbocycles. The van der Waals surface area contributed by atoms with Crippen LogP contribution >= 0.6 is 34.8 Å². The molecule has 1 N–H and O–H groups in total. The van der Waals surface area contributed by atoms with Crippen molar-refractivity contribution < 1.29 is 18.8 Å². The standard InChI is InChI=1S/C16H15Cl3N2O4/c1-8-10(9(2)25-21-8)3-4-16(23)24-7-15(22)20-14-6-12(18)11(17)5-13(14)19/h5-6H,3-4,7H2,1-2H3,(H,20,22). The minimum atomic E-state index is -0.536. The number of rotatable bonds is 6. The van der Waals surface area contributed by atoms with Crippen LogP contribution in [0.15, 0.2) is 16.7 Å². The van der Waals surface area contributed by atoms with Crippen molar-refractivity contribution >= 4 is 52.4 Å². The van der Waals surface area contributed by atoms with Crippen molar-refractivity contribution in [3.05, 3.63) is 44.2 Å². The minimum Gasteiger partial charge on any atom is -0.456 e. The first-order valence-corrected chi connectivity index (χ1v) is 8.43. The van der Waals surface area contributed by atoms with Gasteiger partial charge < -0.3 is 14.6 Å². The van der Waals surface area contributed by atoms with Gasteiger partial charge in [0.05, 0.1) is 26.4 Å². The van der Waals surface area contributed by atoms with Crippen molar-refractivity contribution in [2.75, 3.05) is 11.9 Å².